The van der Waals surface area contributed by atoms with E-state index in [2.05, 4.69) is 15.6 Å². The summed E-state index contributed by atoms with van der Waals surface area (Å²) in [4.78, 5) is 25.3. The van der Waals surface area contributed by atoms with Crippen molar-refractivity contribution in [3.63, 3.8) is 0 Å². The van der Waals surface area contributed by atoms with Crippen molar-refractivity contribution in [1.82, 2.24) is 15.0 Å². The van der Waals surface area contributed by atoms with E-state index in [4.69, 9.17) is 14.7 Å². The quantitative estimate of drug-likeness (QED) is 0.533. The number of pyridine rings is 1. The van der Waals surface area contributed by atoms with Gasteiger partial charge in [0.25, 0.3) is 0 Å². The summed E-state index contributed by atoms with van der Waals surface area (Å²) >= 11 is 0. The van der Waals surface area contributed by atoms with Gasteiger partial charge in [0, 0.05) is 41.1 Å². The number of methoxy groups -OCH3 is 1. The van der Waals surface area contributed by atoms with E-state index in [1.54, 1.807) is 19.5 Å². The van der Waals surface area contributed by atoms with Crippen LogP contribution in [0.3, 0.4) is 0 Å². The normalized spacial score (nSPS) is 12.9. The molecule has 1 aliphatic rings. The first-order valence-electron chi connectivity index (χ1n) is 9.65. The smallest absolute Gasteiger partial charge is 0.224 e. The fraction of sp³-hybridized carbons (Fsp3) is 0.130. The van der Waals surface area contributed by atoms with Crippen LogP contribution in [0.15, 0.2) is 60.9 Å². The largest absolute Gasteiger partial charge is 0.497 e. The molecular weight excluding hydrogens is 378 g/mol. The molecule has 0 fully saturated rings. The van der Waals surface area contributed by atoms with Gasteiger partial charge in [0.2, 0.25) is 5.91 Å². The lowest BCUT2D eigenvalue weighted by atomic mass is 10.0. The van der Waals surface area contributed by atoms with Crippen LogP contribution in [0.1, 0.15) is 12.0 Å². The van der Waals surface area contributed by atoms with Crippen LogP contribution in [0.25, 0.3) is 22.3 Å². The van der Waals surface area contributed by atoms with Gasteiger partial charge >= 0.3 is 0 Å². The highest BCUT2D eigenvalue weighted by molar-refractivity contribution is 5.95. The fourth-order valence-corrected chi connectivity index (χ4v) is 3.55. The van der Waals surface area contributed by atoms with Gasteiger partial charge in [0.05, 0.1) is 12.6 Å². The van der Waals surface area contributed by atoms with E-state index in [0.717, 1.165) is 45.6 Å². The number of hydrogen-bond acceptors (Lipinski definition) is 6. The number of aryl methyl sites for hydroxylation is 1. The number of benzene rings is 2. The molecule has 0 spiro atoms. The van der Waals surface area contributed by atoms with Crippen LogP contribution >= 0.6 is 0 Å². The maximum absolute atomic E-state index is 11.6. The van der Waals surface area contributed by atoms with Crippen molar-refractivity contribution in [1.29, 1.82) is 0 Å². The topological polar surface area (TPSA) is 89.0 Å². The van der Waals surface area contributed by atoms with E-state index in [9.17, 15) is 4.79 Å². The van der Waals surface area contributed by atoms with Crippen molar-refractivity contribution in [2.45, 2.75) is 12.8 Å². The van der Waals surface area contributed by atoms with Gasteiger partial charge in [-0.2, -0.15) is 0 Å². The van der Waals surface area contributed by atoms with Crippen LogP contribution in [-0.2, 0) is 11.2 Å². The molecule has 2 aromatic carbocycles. The Morgan fingerprint density at radius 1 is 1.07 bits per heavy atom. The van der Waals surface area contributed by atoms with Gasteiger partial charge in [-0.25, -0.2) is 9.97 Å². The Morgan fingerprint density at radius 3 is 2.83 bits per heavy atom. The van der Waals surface area contributed by atoms with Gasteiger partial charge in [-0.1, -0.05) is 0 Å². The van der Waals surface area contributed by atoms with Crippen molar-refractivity contribution in [3.05, 3.63) is 66.5 Å². The molecule has 0 atom stereocenters. The number of hydrogen-bond donors (Lipinski definition) is 2. The van der Waals surface area contributed by atoms with Gasteiger partial charge in [-0.05, 0) is 60.5 Å². The van der Waals surface area contributed by atoms with Gasteiger partial charge in [0.1, 0.15) is 11.6 Å². The molecule has 7 heteroatoms. The van der Waals surface area contributed by atoms with Crippen LogP contribution in [0, 0.1) is 0 Å². The molecule has 5 rings (SSSR count). The molecule has 0 saturated heterocycles. The highest BCUT2D eigenvalue weighted by Crippen LogP contribution is 2.32. The van der Waals surface area contributed by atoms with E-state index >= 15 is 0 Å². The van der Waals surface area contributed by atoms with Crippen molar-refractivity contribution in [3.8, 4) is 17.1 Å². The molecule has 7 nitrogen and oxygen atoms in total. The van der Waals surface area contributed by atoms with E-state index in [1.165, 1.54) is 0 Å². The van der Waals surface area contributed by atoms with Crippen LogP contribution in [0.5, 0.6) is 5.75 Å². The minimum Gasteiger partial charge on any atom is -0.497 e. The number of rotatable bonds is 4. The summed E-state index contributed by atoms with van der Waals surface area (Å²) in [6.07, 6.45) is 4.68. The van der Waals surface area contributed by atoms with E-state index in [-0.39, 0.29) is 5.91 Å². The molecule has 1 amide bonds. The maximum atomic E-state index is 11.6. The summed E-state index contributed by atoms with van der Waals surface area (Å²) in [5.41, 5.74) is 4.50. The SMILES string of the molecule is COc1ccc2nc(-c3cccnc3)nc(Nc3ccc4c(c3)CCC(=O)N4)c2c1. The lowest BCUT2D eigenvalue weighted by Gasteiger charge is -2.18. The summed E-state index contributed by atoms with van der Waals surface area (Å²) < 4.78 is 5.39. The monoisotopic (exact) mass is 397 g/mol. The molecule has 2 aromatic heterocycles. The average molecular weight is 397 g/mol. The number of carbonyl (C=O) groups excluding carboxylic acids is 1. The summed E-state index contributed by atoms with van der Waals surface area (Å²) in [6.45, 7) is 0. The number of nitrogens with zero attached hydrogens (tertiary/aromatic N) is 3. The molecular formula is C23H19N5O2. The number of fused-ring (bicyclic) bond motifs is 2. The van der Waals surface area contributed by atoms with Gasteiger partial charge < -0.3 is 15.4 Å². The van der Waals surface area contributed by atoms with Crippen LogP contribution in [0.4, 0.5) is 17.2 Å². The second-order valence-corrected chi connectivity index (χ2v) is 7.07. The van der Waals surface area contributed by atoms with Crippen molar-refractivity contribution >= 4 is 34.0 Å². The number of aromatic nitrogens is 3. The Bertz CT molecular complexity index is 1260. The zero-order chi connectivity index (χ0) is 20.5. The van der Waals surface area contributed by atoms with E-state index in [0.29, 0.717) is 18.1 Å². The maximum Gasteiger partial charge on any atom is 0.224 e. The van der Waals surface area contributed by atoms with Gasteiger partial charge in [-0.3, -0.25) is 9.78 Å². The van der Waals surface area contributed by atoms with Gasteiger partial charge in [-0.15, -0.1) is 0 Å². The van der Waals surface area contributed by atoms with Crippen LogP contribution in [-0.4, -0.2) is 28.0 Å². The van der Waals surface area contributed by atoms with Gasteiger partial charge in [0.15, 0.2) is 5.82 Å². The number of amides is 1. The Morgan fingerprint density at radius 2 is 2.00 bits per heavy atom. The second kappa shape index (κ2) is 7.44. The third-order valence-electron chi connectivity index (χ3n) is 5.09. The van der Waals surface area contributed by atoms with E-state index in [1.807, 2.05) is 48.5 Å². The third kappa shape index (κ3) is 3.41. The van der Waals surface area contributed by atoms with Crippen LogP contribution < -0.4 is 15.4 Å². The predicted molar refractivity (Wildman–Crippen MR) is 116 cm³/mol. The minimum atomic E-state index is 0.0539. The highest BCUT2D eigenvalue weighted by Gasteiger charge is 2.16. The molecule has 3 heterocycles. The number of carbonyl (C=O) groups is 1. The number of anilines is 3. The summed E-state index contributed by atoms with van der Waals surface area (Å²) in [5, 5.41) is 7.20. The second-order valence-electron chi connectivity index (χ2n) is 7.07. The van der Waals surface area contributed by atoms with Crippen molar-refractivity contribution in [2.24, 2.45) is 0 Å². The van der Waals surface area contributed by atoms with Crippen molar-refractivity contribution in [2.75, 3.05) is 17.7 Å². The molecule has 30 heavy (non-hydrogen) atoms. The minimum absolute atomic E-state index is 0.0539. The van der Waals surface area contributed by atoms with E-state index < -0.39 is 0 Å². The molecule has 148 valence electrons. The molecule has 0 saturated carbocycles. The molecule has 1 aliphatic heterocycles. The zero-order valence-electron chi connectivity index (χ0n) is 16.3. The molecule has 0 bridgehead atoms. The summed E-state index contributed by atoms with van der Waals surface area (Å²) in [7, 11) is 1.64. The molecule has 4 aromatic rings. The first-order valence-corrected chi connectivity index (χ1v) is 9.65. The lowest BCUT2D eigenvalue weighted by Crippen LogP contribution is -2.18. The molecule has 0 unspecified atom stereocenters. The zero-order valence-corrected chi connectivity index (χ0v) is 16.3. The lowest BCUT2D eigenvalue weighted by molar-refractivity contribution is -0.116. The average Bonchev–Trinajstić information content (AvgIpc) is 2.79. The predicted octanol–water partition coefficient (Wildman–Crippen LogP) is 4.33. The summed E-state index contributed by atoms with van der Waals surface area (Å²) in [5.74, 6) is 2.06. The molecule has 0 aliphatic carbocycles. The Balaban J connectivity index is 1.60. The first kappa shape index (κ1) is 18.1. The van der Waals surface area contributed by atoms with Crippen molar-refractivity contribution < 1.29 is 9.53 Å². The van der Waals surface area contributed by atoms with Crippen LogP contribution in [0.2, 0.25) is 0 Å². The molecule has 0 radical (unpaired) electrons. The third-order valence-corrected chi connectivity index (χ3v) is 5.09. The standard InChI is InChI=1S/C23H19N5O2/c1-30-17-6-8-20-18(12-17)23(28-22(27-20)15-3-2-10-24-13-15)25-16-5-7-19-14(11-16)4-9-21(29)26-19/h2-3,5-8,10-13H,4,9H2,1H3,(H,26,29)(H,25,27,28). The fourth-order valence-electron chi connectivity index (χ4n) is 3.55. The highest BCUT2D eigenvalue weighted by atomic mass is 16.5. The number of nitrogens with one attached hydrogen (secondary N) is 2. The Hall–Kier alpha value is -4.00. The Kier molecular flexibility index (Phi) is 4.48. The Labute approximate surface area is 173 Å². The molecule has 2 N–H and O–H groups in total. The number of ether oxygens (including phenoxy) is 1. The summed E-state index contributed by atoms with van der Waals surface area (Å²) in [6, 6.07) is 15.4. The first-order chi connectivity index (χ1) is 14.7.